The molecule has 34 heavy (non-hydrogen) atoms. The summed E-state index contributed by atoms with van der Waals surface area (Å²) in [5.41, 5.74) is 1.91. The second-order valence-corrected chi connectivity index (χ2v) is 12.3. The summed E-state index contributed by atoms with van der Waals surface area (Å²) in [4.78, 5) is 11.3. The Morgan fingerprint density at radius 3 is 2.32 bits per heavy atom. The summed E-state index contributed by atoms with van der Waals surface area (Å²) in [6.07, 6.45) is 2.57. The molecule has 0 bridgehead atoms. The first-order valence-electron chi connectivity index (χ1n) is 11.5. The third-order valence-corrected chi connectivity index (χ3v) is 8.85. The summed E-state index contributed by atoms with van der Waals surface area (Å²) in [7, 11) is -3.25. The molecule has 5 rings (SSSR count). The van der Waals surface area contributed by atoms with E-state index in [0.717, 1.165) is 35.9 Å². The third-order valence-electron chi connectivity index (χ3n) is 7.75. The quantitative estimate of drug-likeness (QED) is 0.494. The van der Waals surface area contributed by atoms with Crippen molar-refractivity contribution >= 4 is 15.9 Å². The van der Waals surface area contributed by atoms with E-state index in [9.17, 15) is 8.42 Å². The van der Waals surface area contributed by atoms with Crippen LogP contribution in [0, 0.1) is 16.7 Å². The number of anilines is 1. The van der Waals surface area contributed by atoms with Gasteiger partial charge in [0.1, 0.15) is 5.75 Å². The Kier molecular flexibility index (Phi) is 5.24. The van der Waals surface area contributed by atoms with E-state index in [4.69, 9.17) is 9.26 Å². The van der Waals surface area contributed by atoms with Gasteiger partial charge in [-0.25, -0.2) is 8.42 Å². The summed E-state index contributed by atoms with van der Waals surface area (Å²) in [5, 5.41) is 4.10. The van der Waals surface area contributed by atoms with Crippen LogP contribution in [0.15, 0.2) is 52.0 Å². The van der Waals surface area contributed by atoms with Gasteiger partial charge in [-0.05, 0) is 47.2 Å². The molecule has 0 N–H and O–H groups in total. The molecule has 1 aliphatic carbocycles. The zero-order chi connectivity index (χ0) is 24.3. The van der Waals surface area contributed by atoms with E-state index in [0.29, 0.717) is 18.5 Å². The number of rotatable bonds is 7. The van der Waals surface area contributed by atoms with Crippen LogP contribution in [0.2, 0.25) is 0 Å². The number of pyridine rings is 1. The minimum absolute atomic E-state index is 0.144. The number of ether oxygens (including phenoxy) is 1. The highest BCUT2D eigenvalue weighted by atomic mass is 32.2. The fourth-order valence-corrected chi connectivity index (χ4v) is 5.83. The minimum atomic E-state index is -3.25. The Bertz CT molecular complexity index is 1290. The molecule has 9 heteroatoms. The molecule has 1 saturated carbocycles. The lowest BCUT2D eigenvalue weighted by atomic mass is 10.0. The van der Waals surface area contributed by atoms with Crippen molar-refractivity contribution in [2.45, 2.75) is 38.5 Å². The van der Waals surface area contributed by atoms with Crippen LogP contribution in [-0.2, 0) is 9.84 Å². The average molecular weight is 483 g/mol. The zero-order valence-electron chi connectivity index (χ0n) is 20.1. The normalized spacial score (nSPS) is 26.1. The lowest BCUT2D eigenvalue weighted by Gasteiger charge is -2.21. The molecule has 1 aromatic carbocycles. The molecular formula is C25H30N4O4S. The Balaban J connectivity index is 1.19. The van der Waals surface area contributed by atoms with Crippen molar-refractivity contribution in [3.63, 3.8) is 0 Å². The van der Waals surface area contributed by atoms with Crippen LogP contribution in [0.25, 0.3) is 11.3 Å². The number of hydrogen-bond donors (Lipinski definition) is 0. The lowest BCUT2D eigenvalue weighted by Crippen LogP contribution is -2.29. The largest absolute Gasteiger partial charge is 0.493 e. The summed E-state index contributed by atoms with van der Waals surface area (Å²) in [6.45, 7) is 11.2. The molecule has 0 radical (unpaired) electrons. The number of benzene rings is 1. The predicted octanol–water partition coefficient (Wildman–Crippen LogP) is 4.20. The number of piperidine rings is 1. The van der Waals surface area contributed by atoms with Crippen molar-refractivity contribution < 1.29 is 17.7 Å². The van der Waals surface area contributed by atoms with Crippen LogP contribution < -0.4 is 9.64 Å². The average Bonchev–Trinajstić information content (AvgIpc) is 3.18. The van der Waals surface area contributed by atoms with E-state index in [2.05, 4.69) is 47.7 Å². The highest BCUT2D eigenvalue weighted by Gasteiger charge is 2.75. The summed E-state index contributed by atoms with van der Waals surface area (Å²) in [5.74, 6) is 2.25. The van der Waals surface area contributed by atoms with Gasteiger partial charge in [-0.1, -0.05) is 32.9 Å². The molecule has 3 atom stereocenters. The molecule has 2 aromatic heterocycles. The molecule has 0 spiro atoms. The van der Waals surface area contributed by atoms with Crippen molar-refractivity contribution in [3.8, 4) is 17.0 Å². The molecule has 3 heterocycles. The molecule has 180 valence electrons. The van der Waals surface area contributed by atoms with Crippen molar-refractivity contribution in [1.29, 1.82) is 0 Å². The predicted molar refractivity (Wildman–Crippen MR) is 129 cm³/mol. The van der Waals surface area contributed by atoms with Crippen LogP contribution in [0.3, 0.4) is 0 Å². The molecule has 1 unspecified atom stereocenters. The molecule has 0 amide bonds. The summed E-state index contributed by atoms with van der Waals surface area (Å²) < 4.78 is 34.9. The summed E-state index contributed by atoms with van der Waals surface area (Å²) >= 11 is 0. The van der Waals surface area contributed by atoms with E-state index in [1.54, 1.807) is 12.1 Å². The van der Waals surface area contributed by atoms with Gasteiger partial charge in [-0.15, -0.1) is 0 Å². The van der Waals surface area contributed by atoms with Crippen LogP contribution >= 0.6 is 0 Å². The van der Waals surface area contributed by atoms with Gasteiger partial charge in [0, 0.05) is 42.9 Å². The van der Waals surface area contributed by atoms with Crippen LogP contribution in [-0.4, -0.2) is 49.5 Å². The number of hydrogen-bond acceptors (Lipinski definition) is 8. The van der Waals surface area contributed by atoms with Gasteiger partial charge < -0.3 is 14.2 Å². The van der Waals surface area contributed by atoms with Crippen molar-refractivity contribution in [3.05, 3.63) is 48.4 Å². The van der Waals surface area contributed by atoms with Gasteiger partial charge in [0.05, 0.1) is 17.2 Å². The van der Waals surface area contributed by atoms with Gasteiger partial charge >= 0.3 is 6.01 Å². The van der Waals surface area contributed by atoms with Crippen molar-refractivity contribution in [2.75, 3.05) is 30.9 Å². The maximum atomic E-state index is 11.6. The highest BCUT2D eigenvalue weighted by Crippen LogP contribution is 2.72. The minimum Gasteiger partial charge on any atom is -0.493 e. The lowest BCUT2D eigenvalue weighted by molar-refractivity contribution is 0.261. The van der Waals surface area contributed by atoms with E-state index in [1.807, 2.05) is 24.3 Å². The van der Waals surface area contributed by atoms with Gasteiger partial charge in [-0.3, -0.25) is 4.98 Å². The van der Waals surface area contributed by atoms with Gasteiger partial charge in [0.15, 0.2) is 15.7 Å². The van der Waals surface area contributed by atoms with Crippen LogP contribution in [0.5, 0.6) is 5.75 Å². The molecule has 2 fully saturated rings. The first-order chi connectivity index (χ1) is 16.0. The fraction of sp³-hybridized carbons (Fsp3) is 0.480. The van der Waals surface area contributed by atoms with E-state index >= 15 is 0 Å². The Morgan fingerprint density at radius 2 is 1.79 bits per heavy atom. The molecule has 3 aromatic rings. The second-order valence-electron chi connectivity index (χ2n) is 10.3. The molecule has 1 aliphatic heterocycles. The SMILES string of the molecule is CC(C)c1noc(N2C[C@@]3(C)C(COc4ccc(-c5ccc(S(C)(=O)=O)cn5)cc4)[C@@]3(C)C2)n1. The standard InChI is InChI=1S/C25H30N4O4S/c1-16(2)22-27-23(33-28-22)29-14-24(3)21(25(24,4)15-29)13-32-18-8-6-17(7-9-18)20-11-10-19(12-26-20)34(5,30)31/h6-12,16,21H,13-15H2,1-5H3/t21?,24-,25+. The van der Waals surface area contributed by atoms with Gasteiger partial charge in [0.25, 0.3) is 0 Å². The van der Waals surface area contributed by atoms with E-state index in [1.165, 1.54) is 12.5 Å². The smallest absolute Gasteiger partial charge is 0.324 e. The molecule has 2 aliphatic rings. The second kappa shape index (κ2) is 7.80. The number of aromatic nitrogens is 3. The van der Waals surface area contributed by atoms with Crippen LogP contribution in [0.1, 0.15) is 39.4 Å². The molecule has 8 nitrogen and oxygen atoms in total. The number of fused-ring (bicyclic) bond motifs is 1. The maximum absolute atomic E-state index is 11.6. The highest BCUT2D eigenvalue weighted by molar-refractivity contribution is 7.90. The van der Waals surface area contributed by atoms with E-state index < -0.39 is 9.84 Å². The van der Waals surface area contributed by atoms with Gasteiger partial charge in [0.2, 0.25) is 0 Å². The topological polar surface area (TPSA) is 98.4 Å². The fourth-order valence-electron chi connectivity index (χ4n) is 5.27. The first kappa shape index (κ1) is 22.8. The Morgan fingerprint density at radius 1 is 1.12 bits per heavy atom. The monoisotopic (exact) mass is 482 g/mol. The zero-order valence-corrected chi connectivity index (χ0v) is 21.0. The number of nitrogens with zero attached hydrogens (tertiary/aromatic N) is 4. The molecule has 1 saturated heterocycles. The third kappa shape index (κ3) is 3.76. The van der Waals surface area contributed by atoms with Crippen molar-refractivity contribution in [1.82, 2.24) is 15.1 Å². The maximum Gasteiger partial charge on any atom is 0.324 e. The number of sulfone groups is 1. The molecular weight excluding hydrogens is 452 g/mol. The Labute approximate surface area is 200 Å². The summed E-state index contributed by atoms with van der Waals surface area (Å²) in [6, 6.07) is 11.7. The van der Waals surface area contributed by atoms with E-state index in [-0.39, 0.29) is 21.6 Å². The first-order valence-corrected chi connectivity index (χ1v) is 13.4. The Hall–Kier alpha value is -2.94. The van der Waals surface area contributed by atoms with Gasteiger partial charge in [-0.2, -0.15) is 4.98 Å². The van der Waals surface area contributed by atoms with Crippen LogP contribution in [0.4, 0.5) is 6.01 Å². The van der Waals surface area contributed by atoms with Crippen molar-refractivity contribution in [2.24, 2.45) is 16.7 Å².